The summed E-state index contributed by atoms with van der Waals surface area (Å²) in [5.41, 5.74) is 9.65. The van der Waals surface area contributed by atoms with Crippen molar-refractivity contribution in [2.75, 3.05) is 20.6 Å². The Morgan fingerprint density at radius 3 is 2.51 bits per heavy atom. The third-order valence-corrected chi connectivity index (χ3v) is 7.31. The Bertz CT molecular complexity index is 1620. The topological polar surface area (TPSA) is 72.6 Å². The van der Waals surface area contributed by atoms with Crippen LogP contribution in [-0.2, 0) is 0 Å². The molecule has 41 heavy (non-hydrogen) atoms. The molecule has 0 amide bonds. The molecule has 0 saturated heterocycles. The minimum absolute atomic E-state index is 0.666. The molecular formula is C34H42N6S. The van der Waals surface area contributed by atoms with Crippen molar-refractivity contribution in [1.82, 2.24) is 30.4 Å². The smallest absolute Gasteiger partial charge is 0.181 e. The summed E-state index contributed by atoms with van der Waals surface area (Å²) in [5.74, 6) is 0. The number of likely N-dealkylation sites (N-methyl/N-ethyl adjacent to an activating group) is 1. The van der Waals surface area contributed by atoms with Gasteiger partial charge >= 0.3 is 0 Å². The molecule has 3 N–H and O–H groups in total. The Balaban J connectivity index is 0.00000226. The zero-order valence-electron chi connectivity index (χ0n) is 25.4. The molecule has 0 unspecified atom stereocenters. The summed E-state index contributed by atoms with van der Waals surface area (Å²) in [6.07, 6.45) is 11.7. The van der Waals surface area contributed by atoms with Gasteiger partial charge in [0.1, 0.15) is 0 Å². The van der Waals surface area contributed by atoms with E-state index in [2.05, 4.69) is 106 Å². The van der Waals surface area contributed by atoms with E-state index in [-0.39, 0.29) is 0 Å². The molecule has 0 radical (unpaired) electrons. The largest absolute Gasteiger partial charge is 0.358 e. The van der Waals surface area contributed by atoms with E-state index in [4.69, 9.17) is 0 Å². The average molecular weight is 567 g/mol. The van der Waals surface area contributed by atoms with Gasteiger partial charge in [-0.1, -0.05) is 51.8 Å². The number of allylic oxidation sites excluding steroid dienone is 6. The number of aryl methyl sites for hydroxylation is 2. The van der Waals surface area contributed by atoms with Gasteiger partial charge in [0, 0.05) is 61.7 Å². The SMILES string of the molecule is C=C/C=C(/c1ccc(C)s1)c1cc(-c2[nH]nc3ncc(C(/C=C(\C=C)NC(=C)CN(C)C)=C/C)cc23)[nH]c1C.CC. The number of hydrogen-bond donors (Lipinski definition) is 3. The highest BCUT2D eigenvalue weighted by molar-refractivity contribution is 7.13. The lowest BCUT2D eigenvalue weighted by Gasteiger charge is -2.15. The maximum absolute atomic E-state index is 4.65. The maximum atomic E-state index is 4.65. The van der Waals surface area contributed by atoms with Gasteiger partial charge in [0.2, 0.25) is 0 Å². The van der Waals surface area contributed by atoms with Gasteiger partial charge in [0.15, 0.2) is 5.65 Å². The van der Waals surface area contributed by atoms with Crippen LogP contribution < -0.4 is 5.32 Å². The summed E-state index contributed by atoms with van der Waals surface area (Å²) in [6, 6.07) is 8.61. The van der Waals surface area contributed by atoms with Gasteiger partial charge in [-0.2, -0.15) is 5.10 Å². The Morgan fingerprint density at radius 2 is 1.90 bits per heavy atom. The normalized spacial score (nSPS) is 12.3. The highest BCUT2D eigenvalue weighted by Crippen LogP contribution is 2.35. The van der Waals surface area contributed by atoms with Crippen molar-refractivity contribution in [3.8, 4) is 11.4 Å². The molecule has 0 aliphatic rings. The van der Waals surface area contributed by atoms with Crippen molar-refractivity contribution in [2.24, 2.45) is 0 Å². The first-order valence-electron chi connectivity index (χ1n) is 13.8. The second-order valence-corrected chi connectivity index (χ2v) is 10.9. The van der Waals surface area contributed by atoms with Crippen molar-refractivity contribution in [2.45, 2.75) is 34.6 Å². The summed E-state index contributed by atoms with van der Waals surface area (Å²) < 4.78 is 0. The zero-order chi connectivity index (χ0) is 30.1. The van der Waals surface area contributed by atoms with Crippen LogP contribution in [0.3, 0.4) is 0 Å². The third kappa shape index (κ3) is 7.51. The molecule has 214 valence electrons. The minimum atomic E-state index is 0.666. The minimum Gasteiger partial charge on any atom is -0.358 e. The standard InChI is InChI=1S/C32H36N6S.C2H6/c1-9-12-26(30-14-13-21(5)39-30)27-17-29(35-22(27)6)31-28-16-24(18-33-32(28)37-36-31)23(10-2)15-25(11-3)34-20(4)19-38(7)8;1-2/h9-18,34-35H,1,3-4,19H2,2,5-8H3,(H,33,36,37);1-2H3/b23-10+,25-15+,26-12+;. The van der Waals surface area contributed by atoms with E-state index >= 15 is 0 Å². The molecule has 4 aromatic rings. The first-order valence-corrected chi connectivity index (χ1v) is 14.6. The number of thiophene rings is 1. The number of fused-ring (bicyclic) bond motifs is 1. The summed E-state index contributed by atoms with van der Waals surface area (Å²) in [7, 11) is 4.03. The molecule has 0 atom stereocenters. The molecule has 0 bridgehead atoms. The van der Waals surface area contributed by atoms with Gasteiger partial charge in [-0.25, -0.2) is 4.98 Å². The van der Waals surface area contributed by atoms with E-state index in [1.807, 2.05) is 47.1 Å². The Morgan fingerprint density at radius 1 is 1.15 bits per heavy atom. The van der Waals surface area contributed by atoms with Crippen LogP contribution >= 0.6 is 11.3 Å². The molecule has 0 fully saturated rings. The average Bonchev–Trinajstić information content (AvgIpc) is 3.68. The van der Waals surface area contributed by atoms with Gasteiger partial charge in [0.05, 0.1) is 11.4 Å². The van der Waals surface area contributed by atoms with Crippen molar-refractivity contribution in [3.63, 3.8) is 0 Å². The van der Waals surface area contributed by atoms with Crippen LogP contribution in [0.4, 0.5) is 0 Å². The molecule has 0 aliphatic carbocycles. The number of aromatic amines is 2. The molecule has 0 saturated carbocycles. The van der Waals surface area contributed by atoms with Gasteiger partial charge in [0.25, 0.3) is 0 Å². The lowest BCUT2D eigenvalue weighted by Crippen LogP contribution is -2.23. The Kier molecular flexibility index (Phi) is 11.0. The zero-order valence-corrected chi connectivity index (χ0v) is 26.2. The fourth-order valence-corrected chi connectivity index (χ4v) is 5.42. The molecule has 4 heterocycles. The van der Waals surface area contributed by atoms with Crippen LogP contribution in [0.15, 0.2) is 92.0 Å². The van der Waals surface area contributed by atoms with Gasteiger partial charge in [-0.3, -0.25) is 5.10 Å². The molecular weight excluding hydrogens is 524 g/mol. The van der Waals surface area contributed by atoms with Crippen molar-refractivity contribution < 1.29 is 0 Å². The Labute approximate surface area is 248 Å². The molecule has 6 nitrogen and oxygen atoms in total. The number of pyridine rings is 1. The molecule has 0 spiro atoms. The number of rotatable bonds is 11. The van der Waals surface area contributed by atoms with Gasteiger partial charge in [-0.15, -0.1) is 11.3 Å². The number of hydrogen-bond acceptors (Lipinski definition) is 5. The third-order valence-electron chi connectivity index (χ3n) is 6.28. The maximum Gasteiger partial charge on any atom is 0.181 e. The second kappa shape index (κ2) is 14.4. The fourth-order valence-electron chi connectivity index (χ4n) is 4.51. The summed E-state index contributed by atoms with van der Waals surface area (Å²) in [6.45, 7) is 23.0. The van der Waals surface area contributed by atoms with E-state index in [0.717, 1.165) is 62.7 Å². The van der Waals surface area contributed by atoms with Gasteiger partial charge < -0.3 is 15.2 Å². The van der Waals surface area contributed by atoms with Gasteiger partial charge in [-0.05, 0) is 76.9 Å². The highest BCUT2D eigenvalue weighted by Gasteiger charge is 2.17. The van der Waals surface area contributed by atoms with Crippen molar-refractivity contribution in [1.29, 1.82) is 0 Å². The Hall–Kier alpha value is -4.20. The van der Waals surface area contributed by atoms with E-state index in [1.54, 1.807) is 17.4 Å². The molecule has 0 aliphatic heterocycles. The predicted molar refractivity (Wildman–Crippen MR) is 179 cm³/mol. The fraction of sp³-hybridized carbons (Fsp3) is 0.235. The van der Waals surface area contributed by atoms with Crippen LogP contribution in [0.25, 0.3) is 33.6 Å². The van der Waals surface area contributed by atoms with Crippen LogP contribution in [0.1, 0.15) is 47.3 Å². The number of H-pyrrole nitrogens is 2. The number of nitrogens with zero attached hydrogens (tertiary/aromatic N) is 3. The van der Waals surface area contributed by atoms with E-state index in [9.17, 15) is 0 Å². The van der Waals surface area contributed by atoms with Crippen molar-refractivity contribution >= 4 is 33.5 Å². The van der Waals surface area contributed by atoms with Crippen LogP contribution in [0.5, 0.6) is 0 Å². The predicted octanol–water partition coefficient (Wildman–Crippen LogP) is 8.41. The molecule has 4 rings (SSSR count). The quantitative estimate of drug-likeness (QED) is 0.159. The second-order valence-electron chi connectivity index (χ2n) is 9.66. The molecule has 7 heteroatoms. The number of nitrogens with one attached hydrogen (secondary N) is 3. The van der Waals surface area contributed by atoms with E-state index < -0.39 is 0 Å². The summed E-state index contributed by atoms with van der Waals surface area (Å²) in [4.78, 5) is 12.8. The van der Waals surface area contributed by atoms with E-state index in [0.29, 0.717) is 5.65 Å². The monoisotopic (exact) mass is 566 g/mol. The summed E-state index contributed by atoms with van der Waals surface area (Å²) >= 11 is 1.78. The first kappa shape index (κ1) is 31.3. The van der Waals surface area contributed by atoms with Crippen molar-refractivity contribution in [3.05, 3.63) is 119 Å². The lowest BCUT2D eigenvalue weighted by atomic mass is 10.0. The first-order chi connectivity index (χ1) is 19.7. The lowest BCUT2D eigenvalue weighted by molar-refractivity contribution is 0.438. The van der Waals surface area contributed by atoms with Crippen LogP contribution in [0, 0.1) is 13.8 Å². The number of aromatic nitrogens is 4. The highest BCUT2D eigenvalue weighted by atomic mass is 32.1. The van der Waals surface area contributed by atoms with E-state index in [1.165, 1.54) is 9.75 Å². The molecule has 0 aromatic carbocycles. The van der Waals surface area contributed by atoms with Crippen LogP contribution in [0.2, 0.25) is 0 Å². The summed E-state index contributed by atoms with van der Waals surface area (Å²) in [5, 5.41) is 12.0. The molecule has 4 aromatic heterocycles. The van der Waals surface area contributed by atoms with Crippen LogP contribution in [-0.4, -0.2) is 45.7 Å².